The minimum Gasteiger partial charge on any atom is -0.474 e. The van der Waals surface area contributed by atoms with Gasteiger partial charge in [0, 0.05) is 7.11 Å². The van der Waals surface area contributed by atoms with Crippen molar-refractivity contribution in [3.8, 4) is 5.88 Å². The Bertz CT molecular complexity index is 325. The van der Waals surface area contributed by atoms with Crippen LogP contribution in [0.5, 0.6) is 5.88 Å². The average Bonchev–Trinajstić information content (AvgIpc) is 2.39. The molecule has 1 heterocycles. The van der Waals surface area contributed by atoms with Gasteiger partial charge in [-0.3, -0.25) is 0 Å². The second kappa shape index (κ2) is 9.58. The largest absolute Gasteiger partial charge is 0.474 e. The lowest BCUT2D eigenvalue weighted by atomic mass is 10.5. The summed E-state index contributed by atoms with van der Waals surface area (Å²) in [7, 11) is 1.63. The Kier molecular flexibility index (Phi) is 7.78. The van der Waals surface area contributed by atoms with Gasteiger partial charge in [-0.1, -0.05) is 0 Å². The first-order chi connectivity index (χ1) is 8.84. The van der Waals surface area contributed by atoms with Gasteiger partial charge in [0.05, 0.1) is 39.2 Å². The van der Waals surface area contributed by atoms with Gasteiger partial charge in [0.15, 0.2) is 0 Å². The topological polar surface area (TPSA) is 88.7 Å². The Morgan fingerprint density at radius 3 is 2.39 bits per heavy atom. The van der Waals surface area contributed by atoms with E-state index in [1.807, 2.05) is 0 Å². The van der Waals surface area contributed by atoms with E-state index >= 15 is 0 Å². The number of nitrogens with two attached hydrogens (primary N) is 1. The number of ether oxygens (including phenoxy) is 4. The minimum absolute atomic E-state index is 0.380. The normalized spacial score (nSPS) is 10.5. The highest BCUT2D eigenvalue weighted by Crippen LogP contribution is 2.13. The lowest BCUT2D eigenvalue weighted by molar-refractivity contribution is 0.0177. The number of hydrogen-bond acceptors (Lipinski definition) is 7. The predicted octanol–water partition coefficient (Wildman–Crippen LogP) is 0.117. The molecule has 0 atom stereocenters. The molecule has 0 aliphatic rings. The third kappa shape index (κ3) is 6.33. The standard InChI is InChI=1S/C11H19N3O4/c1-15-2-3-16-4-5-17-6-7-18-11-10(12)8-13-9-14-11/h8-9H,2-7,12H2,1H3. The van der Waals surface area contributed by atoms with Crippen LogP contribution in [0.4, 0.5) is 5.69 Å². The molecule has 0 spiro atoms. The van der Waals surface area contributed by atoms with Gasteiger partial charge in [-0.25, -0.2) is 9.97 Å². The number of rotatable bonds is 10. The molecule has 18 heavy (non-hydrogen) atoms. The first-order valence-electron chi connectivity index (χ1n) is 5.67. The molecule has 0 amide bonds. The van der Waals surface area contributed by atoms with Crippen LogP contribution in [0.1, 0.15) is 0 Å². The number of nitrogen functional groups attached to an aromatic ring is 1. The zero-order chi connectivity index (χ0) is 13.1. The molecule has 102 valence electrons. The Balaban J connectivity index is 1.94. The molecule has 0 aliphatic carbocycles. The summed E-state index contributed by atoms with van der Waals surface area (Å²) >= 11 is 0. The molecule has 0 unspecified atom stereocenters. The number of hydrogen-bond donors (Lipinski definition) is 1. The van der Waals surface area contributed by atoms with Crippen molar-refractivity contribution in [1.82, 2.24) is 9.97 Å². The Morgan fingerprint density at radius 1 is 1.06 bits per heavy atom. The van der Waals surface area contributed by atoms with Gasteiger partial charge in [0.1, 0.15) is 18.6 Å². The van der Waals surface area contributed by atoms with E-state index in [1.165, 1.54) is 12.5 Å². The van der Waals surface area contributed by atoms with Crippen LogP contribution in [-0.4, -0.2) is 56.7 Å². The fourth-order valence-corrected chi connectivity index (χ4v) is 1.11. The van der Waals surface area contributed by atoms with Crippen molar-refractivity contribution >= 4 is 5.69 Å². The van der Waals surface area contributed by atoms with Gasteiger partial charge in [-0.2, -0.15) is 0 Å². The number of anilines is 1. The second-order valence-corrected chi connectivity index (χ2v) is 3.35. The molecule has 0 radical (unpaired) electrons. The molecule has 0 aliphatic heterocycles. The van der Waals surface area contributed by atoms with E-state index in [1.54, 1.807) is 7.11 Å². The van der Waals surface area contributed by atoms with Crippen molar-refractivity contribution in [3.05, 3.63) is 12.5 Å². The third-order valence-electron chi connectivity index (χ3n) is 1.97. The van der Waals surface area contributed by atoms with E-state index in [2.05, 4.69) is 9.97 Å². The maximum Gasteiger partial charge on any atom is 0.240 e. The average molecular weight is 257 g/mol. The summed E-state index contributed by atoms with van der Waals surface area (Å²) in [4.78, 5) is 7.66. The van der Waals surface area contributed by atoms with Crippen LogP contribution in [0.3, 0.4) is 0 Å². The fraction of sp³-hybridized carbons (Fsp3) is 0.636. The minimum atomic E-state index is 0.380. The highest BCUT2D eigenvalue weighted by molar-refractivity contribution is 5.44. The smallest absolute Gasteiger partial charge is 0.240 e. The molecule has 7 heteroatoms. The van der Waals surface area contributed by atoms with Crippen LogP contribution in [0.15, 0.2) is 12.5 Å². The van der Waals surface area contributed by atoms with Crippen LogP contribution < -0.4 is 10.5 Å². The van der Waals surface area contributed by atoms with Gasteiger partial charge in [0.2, 0.25) is 5.88 Å². The zero-order valence-corrected chi connectivity index (χ0v) is 10.5. The Hall–Kier alpha value is -1.44. The SMILES string of the molecule is COCCOCCOCCOc1ncncc1N. The zero-order valence-electron chi connectivity index (χ0n) is 10.5. The molecule has 0 saturated carbocycles. The molecule has 1 aromatic rings. The van der Waals surface area contributed by atoms with Crippen molar-refractivity contribution in [2.75, 3.05) is 52.5 Å². The fourth-order valence-electron chi connectivity index (χ4n) is 1.11. The molecule has 0 bridgehead atoms. The highest BCUT2D eigenvalue weighted by atomic mass is 16.6. The maximum atomic E-state index is 5.61. The number of nitrogens with zero attached hydrogens (tertiary/aromatic N) is 2. The van der Waals surface area contributed by atoms with Crippen LogP contribution >= 0.6 is 0 Å². The van der Waals surface area contributed by atoms with E-state index in [-0.39, 0.29) is 0 Å². The Morgan fingerprint density at radius 2 is 1.72 bits per heavy atom. The summed E-state index contributed by atoms with van der Waals surface area (Å²) in [6.07, 6.45) is 2.88. The quantitative estimate of drug-likeness (QED) is 0.595. The summed E-state index contributed by atoms with van der Waals surface area (Å²) in [6, 6.07) is 0. The van der Waals surface area contributed by atoms with Gasteiger partial charge in [0.25, 0.3) is 0 Å². The summed E-state index contributed by atoms with van der Waals surface area (Å²) in [6.45, 7) is 3.08. The number of aromatic nitrogens is 2. The maximum absolute atomic E-state index is 5.61. The number of methoxy groups -OCH3 is 1. The molecule has 2 N–H and O–H groups in total. The van der Waals surface area contributed by atoms with Crippen molar-refractivity contribution < 1.29 is 18.9 Å². The molecule has 1 rings (SSSR count). The van der Waals surface area contributed by atoms with E-state index in [0.717, 1.165) is 0 Å². The molecular formula is C11H19N3O4. The van der Waals surface area contributed by atoms with Crippen LogP contribution in [-0.2, 0) is 14.2 Å². The van der Waals surface area contributed by atoms with E-state index in [9.17, 15) is 0 Å². The first kappa shape index (κ1) is 14.6. The van der Waals surface area contributed by atoms with E-state index in [0.29, 0.717) is 51.2 Å². The van der Waals surface area contributed by atoms with E-state index < -0.39 is 0 Å². The molecule has 1 aromatic heterocycles. The molecular weight excluding hydrogens is 238 g/mol. The molecule has 7 nitrogen and oxygen atoms in total. The second-order valence-electron chi connectivity index (χ2n) is 3.35. The molecule has 0 fully saturated rings. The Labute approximate surface area is 106 Å². The first-order valence-corrected chi connectivity index (χ1v) is 5.67. The predicted molar refractivity (Wildman–Crippen MR) is 65.5 cm³/mol. The lowest BCUT2D eigenvalue weighted by Gasteiger charge is -2.08. The van der Waals surface area contributed by atoms with Crippen molar-refractivity contribution in [2.45, 2.75) is 0 Å². The van der Waals surface area contributed by atoms with Crippen molar-refractivity contribution in [2.24, 2.45) is 0 Å². The molecule has 0 saturated heterocycles. The van der Waals surface area contributed by atoms with Gasteiger partial charge in [-0.05, 0) is 0 Å². The van der Waals surface area contributed by atoms with Gasteiger partial charge < -0.3 is 24.7 Å². The van der Waals surface area contributed by atoms with Crippen molar-refractivity contribution in [3.63, 3.8) is 0 Å². The monoisotopic (exact) mass is 257 g/mol. The summed E-state index contributed by atoms with van der Waals surface area (Å²) in [5.74, 6) is 0.380. The highest BCUT2D eigenvalue weighted by Gasteiger charge is 2.00. The van der Waals surface area contributed by atoms with Crippen LogP contribution in [0, 0.1) is 0 Å². The van der Waals surface area contributed by atoms with Gasteiger partial charge in [-0.15, -0.1) is 0 Å². The van der Waals surface area contributed by atoms with Crippen molar-refractivity contribution in [1.29, 1.82) is 0 Å². The lowest BCUT2D eigenvalue weighted by Crippen LogP contribution is -2.13. The summed E-state index contributed by atoms with van der Waals surface area (Å²) < 4.78 is 20.7. The van der Waals surface area contributed by atoms with E-state index in [4.69, 9.17) is 24.7 Å². The summed E-state index contributed by atoms with van der Waals surface area (Å²) in [5.41, 5.74) is 6.02. The van der Waals surface area contributed by atoms with Crippen LogP contribution in [0.2, 0.25) is 0 Å². The van der Waals surface area contributed by atoms with Crippen LogP contribution in [0.25, 0.3) is 0 Å². The third-order valence-corrected chi connectivity index (χ3v) is 1.97. The van der Waals surface area contributed by atoms with Gasteiger partial charge >= 0.3 is 0 Å². The summed E-state index contributed by atoms with van der Waals surface area (Å²) in [5, 5.41) is 0. The molecule has 0 aromatic carbocycles.